The smallest absolute Gasteiger partial charge is 0.462 e. The highest BCUT2D eigenvalue weighted by Gasteiger charge is 2.25. The van der Waals surface area contributed by atoms with Gasteiger partial charge in [0.15, 0.2) is 6.10 Å². The molecular weight excluding hydrogens is 665 g/mol. The van der Waals surface area contributed by atoms with Gasteiger partial charge in [0.25, 0.3) is 0 Å². The van der Waals surface area contributed by atoms with Crippen LogP contribution in [-0.4, -0.2) is 49.3 Å². The molecule has 0 spiro atoms. The molecule has 0 aliphatic rings. The van der Waals surface area contributed by atoms with Crippen molar-refractivity contribution in [2.24, 2.45) is 5.73 Å². The standard InChI is InChI=1S/C41H72NO8P/c1-3-5-7-9-11-13-15-16-17-18-19-20-21-22-24-25-27-29-31-33-40(43)47-37-39(38-49-51(45,46)48-36-35-42)50-41(44)34-32-30-28-26-23-14-12-10-8-6-4-2/h5,7,11,13,16-17,19-20,22,24,39H,3-4,6,8-10,12,14-15,18,21,23,25-38,42H2,1-2H3,(H,45,46)/b7-5-,13-11-,17-16-,20-19-,24-22-/t39-/m1/s1. The summed E-state index contributed by atoms with van der Waals surface area (Å²) in [6.45, 7) is 3.55. The first-order chi connectivity index (χ1) is 24.8. The number of nitrogens with two attached hydrogens (primary N) is 1. The predicted octanol–water partition coefficient (Wildman–Crippen LogP) is 10.9. The van der Waals surface area contributed by atoms with E-state index in [0.29, 0.717) is 12.8 Å². The van der Waals surface area contributed by atoms with Gasteiger partial charge in [0.1, 0.15) is 6.61 Å². The Hall–Kier alpha value is -2.29. The van der Waals surface area contributed by atoms with Crippen LogP contribution in [0.1, 0.15) is 155 Å². The van der Waals surface area contributed by atoms with E-state index < -0.39 is 32.5 Å². The minimum atomic E-state index is -4.38. The first kappa shape index (κ1) is 48.7. The Morgan fingerprint density at radius 3 is 1.61 bits per heavy atom. The van der Waals surface area contributed by atoms with Gasteiger partial charge in [-0.2, -0.15) is 0 Å². The van der Waals surface area contributed by atoms with Crippen molar-refractivity contribution in [3.05, 3.63) is 60.8 Å². The summed E-state index contributed by atoms with van der Waals surface area (Å²) >= 11 is 0. The van der Waals surface area contributed by atoms with E-state index >= 15 is 0 Å². The van der Waals surface area contributed by atoms with Crippen molar-refractivity contribution in [1.29, 1.82) is 0 Å². The summed E-state index contributed by atoms with van der Waals surface area (Å²) in [5, 5.41) is 0. The van der Waals surface area contributed by atoms with Crippen molar-refractivity contribution in [3.8, 4) is 0 Å². The lowest BCUT2D eigenvalue weighted by atomic mass is 10.1. The number of unbranched alkanes of at least 4 members (excludes halogenated alkanes) is 13. The molecule has 2 atom stereocenters. The van der Waals surface area contributed by atoms with Gasteiger partial charge in [0.2, 0.25) is 0 Å². The van der Waals surface area contributed by atoms with Crippen molar-refractivity contribution in [1.82, 2.24) is 0 Å². The maximum Gasteiger partial charge on any atom is 0.472 e. The molecule has 51 heavy (non-hydrogen) atoms. The molecule has 0 aliphatic carbocycles. The summed E-state index contributed by atoms with van der Waals surface area (Å²) in [6, 6.07) is 0. The van der Waals surface area contributed by atoms with E-state index in [4.69, 9.17) is 24.3 Å². The molecule has 0 saturated carbocycles. The molecule has 10 heteroatoms. The lowest BCUT2D eigenvalue weighted by Crippen LogP contribution is -2.29. The summed E-state index contributed by atoms with van der Waals surface area (Å²) in [7, 11) is -4.38. The maximum atomic E-state index is 12.5. The highest BCUT2D eigenvalue weighted by molar-refractivity contribution is 7.47. The Balaban J connectivity index is 4.25. The summed E-state index contributed by atoms with van der Waals surface area (Å²) < 4.78 is 32.6. The fourth-order valence-electron chi connectivity index (χ4n) is 5.01. The second kappa shape index (κ2) is 37.5. The average molecular weight is 738 g/mol. The third-order valence-electron chi connectivity index (χ3n) is 7.92. The van der Waals surface area contributed by atoms with Crippen molar-refractivity contribution in [2.45, 2.75) is 161 Å². The number of allylic oxidation sites excluding steroid dienone is 10. The van der Waals surface area contributed by atoms with Gasteiger partial charge in [-0.05, 0) is 57.8 Å². The molecule has 294 valence electrons. The molecule has 0 heterocycles. The molecule has 1 unspecified atom stereocenters. The third kappa shape index (κ3) is 37.3. The number of hydrogen-bond donors (Lipinski definition) is 2. The highest BCUT2D eigenvalue weighted by atomic mass is 31.2. The molecule has 0 aliphatic heterocycles. The van der Waals surface area contributed by atoms with Crippen LogP contribution in [0.2, 0.25) is 0 Å². The lowest BCUT2D eigenvalue weighted by Gasteiger charge is -2.19. The van der Waals surface area contributed by atoms with Crippen LogP contribution in [-0.2, 0) is 32.7 Å². The zero-order valence-corrected chi connectivity index (χ0v) is 33.0. The van der Waals surface area contributed by atoms with Gasteiger partial charge in [-0.25, -0.2) is 4.57 Å². The number of ether oxygens (including phenoxy) is 2. The second-order valence-electron chi connectivity index (χ2n) is 12.8. The number of esters is 2. The minimum absolute atomic E-state index is 0.0468. The van der Waals surface area contributed by atoms with Crippen molar-refractivity contribution < 1.29 is 37.6 Å². The van der Waals surface area contributed by atoms with Crippen molar-refractivity contribution in [2.75, 3.05) is 26.4 Å². The number of carbonyl (C=O) groups excluding carboxylic acids is 2. The largest absolute Gasteiger partial charge is 0.472 e. The van der Waals surface area contributed by atoms with Crippen molar-refractivity contribution in [3.63, 3.8) is 0 Å². The van der Waals surface area contributed by atoms with Crippen LogP contribution < -0.4 is 5.73 Å². The number of carbonyl (C=O) groups is 2. The fourth-order valence-corrected chi connectivity index (χ4v) is 5.78. The molecule has 0 radical (unpaired) electrons. The normalized spacial score (nSPS) is 14.0. The predicted molar refractivity (Wildman–Crippen MR) is 210 cm³/mol. The van der Waals surface area contributed by atoms with E-state index in [1.165, 1.54) is 44.9 Å². The topological polar surface area (TPSA) is 134 Å². The van der Waals surface area contributed by atoms with Gasteiger partial charge in [-0.3, -0.25) is 18.6 Å². The van der Waals surface area contributed by atoms with Crippen LogP contribution in [0.5, 0.6) is 0 Å². The zero-order valence-electron chi connectivity index (χ0n) is 32.1. The molecular formula is C41H72NO8P. The Kier molecular flexibility index (Phi) is 35.8. The summed E-state index contributed by atoms with van der Waals surface area (Å²) in [5.41, 5.74) is 5.33. The summed E-state index contributed by atoms with van der Waals surface area (Å²) in [5.74, 6) is -0.871. The molecule has 0 saturated heterocycles. The van der Waals surface area contributed by atoms with Crippen LogP contribution in [0, 0.1) is 0 Å². The lowest BCUT2D eigenvalue weighted by molar-refractivity contribution is -0.161. The van der Waals surface area contributed by atoms with Crippen LogP contribution in [0.4, 0.5) is 0 Å². The Morgan fingerprint density at radius 2 is 1.08 bits per heavy atom. The minimum Gasteiger partial charge on any atom is -0.462 e. The van der Waals surface area contributed by atoms with Gasteiger partial charge >= 0.3 is 19.8 Å². The van der Waals surface area contributed by atoms with Gasteiger partial charge < -0.3 is 20.1 Å². The maximum absolute atomic E-state index is 12.5. The molecule has 0 fully saturated rings. The Morgan fingerprint density at radius 1 is 0.608 bits per heavy atom. The number of rotatable bonds is 36. The molecule has 0 amide bonds. The van der Waals surface area contributed by atoms with Crippen LogP contribution in [0.15, 0.2) is 60.8 Å². The zero-order chi connectivity index (χ0) is 37.5. The average Bonchev–Trinajstić information content (AvgIpc) is 3.11. The van der Waals surface area contributed by atoms with E-state index in [1.807, 2.05) is 0 Å². The van der Waals surface area contributed by atoms with E-state index in [9.17, 15) is 19.0 Å². The molecule has 0 rings (SSSR count). The molecule has 0 aromatic rings. The molecule has 0 aromatic heterocycles. The molecule has 0 aromatic carbocycles. The first-order valence-corrected chi connectivity index (χ1v) is 21.3. The Labute approximate surface area is 310 Å². The van der Waals surface area contributed by atoms with E-state index in [0.717, 1.165) is 70.6 Å². The van der Waals surface area contributed by atoms with Crippen LogP contribution in [0.25, 0.3) is 0 Å². The van der Waals surface area contributed by atoms with Crippen LogP contribution >= 0.6 is 7.82 Å². The Bertz CT molecular complexity index is 1020. The van der Waals surface area contributed by atoms with Gasteiger partial charge in [-0.15, -0.1) is 0 Å². The first-order valence-electron chi connectivity index (χ1n) is 19.8. The van der Waals surface area contributed by atoms with E-state index in [2.05, 4.69) is 74.6 Å². The van der Waals surface area contributed by atoms with Gasteiger partial charge in [0.05, 0.1) is 13.2 Å². The van der Waals surface area contributed by atoms with Gasteiger partial charge in [0, 0.05) is 19.4 Å². The SMILES string of the molecule is CC/C=C\C/C=C\C/C=C\C/C=C\C/C=C\CCCCCC(=O)OC[C@H](COP(=O)(O)OCCN)OC(=O)CCCCCCCCCCCCC. The van der Waals surface area contributed by atoms with Gasteiger partial charge in [-0.1, -0.05) is 145 Å². The van der Waals surface area contributed by atoms with E-state index in [1.54, 1.807) is 0 Å². The summed E-state index contributed by atoms with van der Waals surface area (Å²) in [6.07, 6.45) is 42.5. The molecule has 9 nitrogen and oxygen atoms in total. The fraction of sp³-hybridized carbons (Fsp3) is 0.707. The van der Waals surface area contributed by atoms with Crippen LogP contribution in [0.3, 0.4) is 0 Å². The highest BCUT2D eigenvalue weighted by Crippen LogP contribution is 2.43. The molecule has 0 bridgehead atoms. The monoisotopic (exact) mass is 737 g/mol. The molecule has 3 N–H and O–H groups in total. The number of phosphoric acid groups is 1. The number of phosphoric ester groups is 1. The summed E-state index contributed by atoms with van der Waals surface area (Å²) in [4.78, 5) is 34.7. The second-order valence-corrected chi connectivity index (χ2v) is 14.2. The van der Waals surface area contributed by atoms with Crippen molar-refractivity contribution >= 4 is 19.8 Å². The quantitative estimate of drug-likeness (QED) is 0.0279. The number of hydrogen-bond acceptors (Lipinski definition) is 8. The van der Waals surface area contributed by atoms with E-state index in [-0.39, 0.29) is 32.6 Å². The third-order valence-corrected chi connectivity index (χ3v) is 8.90.